The molecule has 0 aromatic rings. The topological polar surface area (TPSA) is 148 Å². The zero-order valence-electron chi connectivity index (χ0n) is 12.3. The number of rotatable bonds is 7. The molecule has 3 amide bonds. The van der Waals surface area contributed by atoms with E-state index in [1.54, 1.807) is 20.8 Å². The molecule has 0 spiro atoms. The van der Waals surface area contributed by atoms with E-state index < -0.39 is 42.1 Å². The minimum atomic E-state index is -1.29. The highest BCUT2D eigenvalue weighted by molar-refractivity contribution is 5.87. The van der Waals surface area contributed by atoms with E-state index in [1.807, 2.05) is 0 Å². The second-order valence-corrected chi connectivity index (χ2v) is 5.32. The molecular weight excluding hydrogens is 282 g/mol. The van der Waals surface area contributed by atoms with Crippen molar-refractivity contribution < 1.29 is 29.0 Å². The summed E-state index contributed by atoms with van der Waals surface area (Å²) in [6.45, 7) is 4.56. The van der Waals surface area contributed by atoms with Crippen LogP contribution < -0.4 is 16.4 Å². The maximum absolute atomic E-state index is 11.5. The van der Waals surface area contributed by atoms with E-state index in [1.165, 1.54) is 0 Å². The summed E-state index contributed by atoms with van der Waals surface area (Å²) >= 11 is 0. The van der Waals surface area contributed by atoms with Crippen molar-refractivity contribution in [3.8, 4) is 0 Å². The van der Waals surface area contributed by atoms with Crippen LogP contribution in [0.3, 0.4) is 0 Å². The number of nitrogens with one attached hydrogen (secondary N) is 2. The lowest BCUT2D eigenvalue weighted by Crippen LogP contribution is -2.46. The average Bonchev–Trinajstić information content (AvgIpc) is 2.29. The normalized spacial score (nSPS) is 12.1. The molecule has 21 heavy (non-hydrogen) atoms. The summed E-state index contributed by atoms with van der Waals surface area (Å²) in [5.74, 6) is -2.66. The standard InChI is InChI=1S/C12H21N3O6/c1-12(2,3)21-11(20)14-6-9(17)15-7(10(18)19)4-5-8(13)16/h7H,4-6H2,1-3H3,(H2,13,16)(H,14,20)(H,15,17)(H,18,19)/t7-/m0/s1. The Balaban J connectivity index is 4.23. The van der Waals surface area contributed by atoms with Crippen LogP contribution in [0.2, 0.25) is 0 Å². The Hall–Kier alpha value is -2.32. The molecule has 0 fully saturated rings. The third kappa shape index (κ3) is 10.2. The van der Waals surface area contributed by atoms with E-state index in [-0.39, 0.29) is 12.8 Å². The van der Waals surface area contributed by atoms with E-state index in [9.17, 15) is 19.2 Å². The summed E-state index contributed by atoms with van der Waals surface area (Å²) in [5.41, 5.74) is 4.21. The van der Waals surface area contributed by atoms with Crippen molar-refractivity contribution in [3.05, 3.63) is 0 Å². The van der Waals surface area contributed by atoms with Gasteiger partial charge in [-0.2, -0.15) is 0 Å². The van der Waals surface area contributed by atoms with E-state index >= 15 is 0 Å². The van der Waals surface area contributed by atoms with E-state index in [0.717, 1.165) is 0 Å². The predicted molar refractivity (Wildman–Crippen MR) is 72.2 cm³/mol. The average molecular weight is 303 g/mol. The molecule has 0 aliphatic rings. The fourth-order valence-electron chi connectivity index (χ4n) is 1.26. The third-order valence-electron chi connectivity index (χ3n) is 2.10. The van der Waals surface area contributed by atoms with Crippen LogP contribution in [-0.2, 0) is 19.1 Å². The van der Waals surface area contributed by atoms with E-state index in [0.29, 0.717) is 0 Å². The number of alkyl carbamates (subject to hydrolysis) is 1. The molecule has 0 saturated heterocycles. The zero-order chi connectivity index (χ0) is 16.6. The second-order valence-electron chi connectivity index (χ2n) is 5.32. The van der Waals surface area contributed by atoms with Gasteiger partial charge < -0.3 is 26.2 Å². The Kier molecular flexibility index (Phi) is 7.18. The van der Waals surface area contributed by atoms with Gasteiger partial charge in [-0.05, 0) is 27.2 Å². The number of carboxylic acid groups (broad SMARTS) is 1. The molecule has 1 atom stereocenters. The highest BCUT2D eigenvalue weighted by atomic mass is 16.6. The Morgan fingerprint density at radius 3 is 2.24 bits per heavy atom. The van der Waals surface area contributed by atoms with Crippen LogP contribution >= 0.6 is 0 Å². The summed E-state index contributed by atoms with van der Waals surface area (Å²) < 4.78 is 4.91. The first kappa shape index (κ1) is 18.7. The smallest absolute Gasteiger partial charge is 0.408 e. The second kappa shape index (κ2) is 8.08. The van der Waals surface area contributed by atoms with Gasteiger partial charge in [0.2, 0.25) is 11.8 Å². The highest BCUT2D eigenvalue weighted by Crippen LogP contribution is 2.06. The Morgan fingerprint density at radius 1 is 1.24 bits per heavy atom. The van der Waals surface area contributed by atoms with Gasteiger partial charge in [-0.1, -0.05) is 0 Å². The van der Waals surface area contributed by atoms with Crippen LogP contribution in [-0.4, -0.2) is 47.2 Å². The molecule has 9 heteroatoms. The third-order valence-corrected chi connectivity index (χ3v) is 2.10. The maximum atomic E-state index is 11.5. The van der Waals surface area contributed by atoms with Crippen molar-refractivity contribution in [1.82, 2.24) is 10.6 Å². The number of aliphatic carboxylic acids is 1. The molecule has 0 aromatic carbocycles. The Labute approximate surface area is 122 Å². The van der Waals surface area contributed by atoms with Gasteiger partial charge in [0, 0.05) is 6.42 Å². The number of carboxylic acids is 1. The van der Waals surface area contributed by atoms with Gasteiger partial charge in [0.15, 0.2) is 0 Å². The molecule has 0 aliphatic heterocycles. The van der Waals surface area contributed by atoms with Gasteiger partial charge >= 0.3 is 12.1 Å². The molecule has 5 N–H and O–H groups in total. The maximum Gasteiger partial charge on any atom is 0.408 e. The fraction of sp³-hybridized carbons (Fsp3) is 0.667. The molecule has 0 bridgehead atoms. The first-order chi connectivity index (χ1) is 9.51. The monoisotopic (exact) mass is 303 g/mol. The molecule has 9 nitrogen and oxygen atoms in total. The number of primary amides is 1. The fourth-order valence-corrected chi connectivity index (χ4v) is 1.26. The van der Waals surface area contributed by atoms with Crippen LogP contribution in [0.4, 0.5) is 4.79 Å². The molecule has 0 unspecified atom stereocenters. The summed E-state index contributed by atoms with van der Waals surface area (Å²) in [4.78, 5) is 44.3. The van der Waals surface area contributed by atoms with Crippen molar-refractivity contribution in [3.63, 3.8) is 0 Å². The van der Waals surface area contributed by atoms with Gasteiger partial charge in [-0.15, -0.1) is 0 Å². The zero-order valence-corrected chi connectivity index (χ0v) is 12.3. The van der Waals surface area contributed by atoms with Crippen LogP contribution in [0, 0.1) is 0 Å². The van der Waals surface area contributed by atoms with Gasteiger partial charge in [-0.3, -0.25) is 9.59 Å². The number of carbonyl (C=O) groups is 4. The van der Waals surface area contributed by atoms with Gasteiger partial charge in [0.25, 0.3) is 0 Å². The van der Waals surface area contributed by atoms with Crippen molar-refractivity contribution in [2.24, 2.45) is 5.73 Å². The lowest BCUT2D eigenvalue weighted by Gasteiger charge is -2.20. The molecule has 120 valence electrons. The number of amides is 3. The van der Waals surface area contributed by atoms with Crippen LogP contribution in [0.1, 0.15) is 33.6 Å². The summed E-state index contributed by atoms with van der Waals surface area (Å²) in [5, 5.41) is 13.3. The number of nitrogens with two attached hydrogens (primary N) is 1. The lowest BCUT2D eigenvalue weighted by molar-refractivity contribution is -0.142. The van der Waals surface area contributed by atoms with Crippen molar-refractivity contribution in [2.45, 2.75) is 45.3 Å². The van der Waals surface area contributed by atoms with Crippen molar-refractivity contribution in [1.29, 1.82) is 0 Å². The Bertz CT molecular complexity index is 416. The van der Waals surface area contributed by atoms with Crippen LogP contribution in [0.5, 0.6) is 0 Å². The minimum Gasteiger partial charge on any atom is -0.480 e. The van der Waals surface area contributed by atoms with Gasteiger partial charge in [-0.25, -0.2) is 9.59 Å². The molecule has 0 heterocycles. The number of hydrogen-bond donors (Lipinski definition) is 4. The first-order valence-corrected chi connectivity index (χ1v) is 6.28. The summed E-state index contributed by atoms with van der Waals surface area (Å²) in [6.07, 6.45) is -1.08. The highest BCUT2D eigenvalue weighted by Gasteiger charge is 2.21. The van der Waals surface area contributed by atoms with Crippen molar-refractivity contribution in [2.75, 3.05) is 6.54 Å². The van der Waals surface area contributed by atoms with Gasteiger partial charge in [0.05, 0.1) is 0 Å². The van der Waals surface area contributed by atoms with Crippen LogP contribution in [0.15, 0.2) is 0 Å². The largest absolute Gasteiger partial charge is 0.480 e. The number of hydrogen-bond acceptors (Lipinski definition) is 5. The van der Waals surface area contributed by atoms with Crippen molar-refractivity contribution >= 4 is 23.9 Å². The molecule has 0 aliphatic carbocycles. The number of ether oxygens (including phenoxy) is 1. The Morgan fingerprint density at radius 2 is 1.81 bits per heavy atom. The quantitative estimate of drug-likeness (QED) is 0.491. The predicted octanol–water partition coefficient (Wildman–Crippen LogP) is -0.654. The number of carbonyl (C=O) groups excluding carboxylic acids is 3. The van der Waals surface area contributed by atoms with E-state index in [4.69, 9.17) is 15.6 Å². The molecule has 0 rings (SSSR count). The molecule has 0 radical (unpaired) electrons. The molecule has 0 saturated carbocycles. The molecular formula is C12H21N3O6. The summed E-state index contributed by atoms with van der Waals surface area (Å²) in [6, 6.07) is -1.24. The summed E-state index contributed by atoms with van der Waals surface area (Å²) in [7, 11) is 0. The van der Waals surface area contributed by atoms with Crippen LogP contribution in [0.25, 0.3) is 0 Å². The van der Waals surface area contributed by atoms with E-state index in [2.05, 4.69) is 10.6 Å². The molecule has 0 aromatic heterocycles. The first-order valence-electron chi connectivity index (χ1n) is 6.28. The lowest BCUT2D eigenvalue weighted by atomic mass is 10.1. The minimum absolute atomic E-state index is 0.122. The SMILES string of the molecule is CC(C)(C)OC(=O)NCC(=O)N[C@@H](CCC(N)=O)C(=O)O. The van der Waals surface area contributed by atoms with Gasteiger partial charge in [0.1, 0.15) is 18.2 Å².